The summed E-state index contributed by atoms with van der Waals surface area (Å²) in [5, 5.41) is 2.68. The molecule has 0 saturated carbocycles. The van der Waals surface area contributed by atoms with Gasteiger partial charge in [-0.25, -0.2) is 9.79 Å². The highest BCUT2D eigenvalue weighted by Crippen LogP contribution is 2.20. The summed E-state index contributed by atoms with van der Waals surface area (Å²) in [5.74, 6) is -0.361. The summed E-state index contributed by atoms with van der Waals surface area (Å²) in [6, 6.07) is 14.7. The van der Waals surface area contributed by atoms with Gasteiger partial charge in [-0.3, -0.25) is 4.79 Å². The number of nitrogens with one attached hydrogen (secondary N) is 1. The van der Waals surface area contributed by atoms with Crippen LogP contribution in [0, 0.1) is 6.92 Å². The number of esters is 1. The summed E-state index contributed by atoms with van der Waals surface area (Å²) in [4.78, 5) is 27.3. The summed E-state index contributed by atoms with van der Waals surface area (Å²) in [6.07, 6.45) is 1.69. The number of aryl methyl sites for hydroxylation is 1. The Bertz CT molecular complexity index is 847. The van der Waals surface area contributed by atoms with E-state index in [2.05, 4.69) is 10.3 Å². The van der Waals surface area contributed by atoms with Crippen LogP contribution in [0.4, 0.5) is 5.69 Å². The van der Waals surface area contributed by atoms with Crippen molar-refractivity contribution in [1.29, 1.82) is 0 Å². The molecule has 0 fully saturated rings. The molecule has 0 aliphatic carbocycles. The van der Waals surface area contributed by atoms with Gasteiger partial charge in [0, 0.05) is 18.2 Å². The fourth-order valence-corrected chi connectivity index (χ4v) is 2.25. The van der Waals surface area contributed by atoms with E-state index in [1.807, 2.05) is 31.2 Å². The van der Waals surface area contributed by atoms with E-state index in [9.17, 15) is 9.59 Å². The number of rotatable bonds is 3. The molecule has 3 rings (SSSR count). The normalized spacial score (nSPS) is 15.2. The van der Waals surface area contributed by atoms with Crippen molar-refractivity contribution in [1.82, 2.24) is 0 Å². The van der Waals surface area contributed by atoms with Crippen molar-refractivity contribution in [3.8, 4) is 0 Å². The van der Waals surface area contributed by atoms with Crippen molar-refractivity contribution in [3.63, 3.8) is 0 Å². The van der Waals surface area contributed by atoms with Crippen LogP contribution in [0.15, 0.2) is 59.2 Å². The Kier molecular flexibility index (Phi) is 4.24. The minimum Gasteiger partial charge on any atom is -0.402 e. The van der Waals surface area contributed by atoms with Crippen molar-refractivity contribution < 1.29 is 14.3 Å². The van der Waals surface area contributed by atoms with Crippen molar-refractivity contribution in [2.75, 3.05) is 5.32 Å². The molecule has 0 spiro atoms. The van der Waals surface area contributed by atoms with Gasteiger partial charge >= 0.3 is 5.97 Å². The molecule has 1 aliphatic heterocycles. The maximum absolute atomic E-state index is 12.0. The lowest BCUT2D eigenvalue weighted by atomic mass is 10.1. The van der Waals surface area contributed by atoms with Crippen LogP contribution in [-0.4, -0.2) is 17.8 Å². The van der Waals surface area contributed by atoms with Gasteiger partial charge in [-0.1, -0.05) is 29.8 Å². The van der Waals surface area contributed by atoms with Gasteiger partial charge < -0.3 is 10.1 Å². The van der Waals surface area contributed by atoms with Crippen molar-refractivity contribution in [2.45, 2.75) is 13.8 Å². The van der Waals surface area contributed by atoms with Gasteiger partial charge in [0.2, 0.25) is 11.8 Å². The van der Waals surface area contributed by atoms with E-state index < -0.39 is 5.97 Å². The zero-order valence-electron chi connectivity index (χ0n) is 13.4. The standard InChI is InChI=1S/C19H16N2O3/c1-12-3-5-14(6-4-12)11-17-19(23)24-18(21-17)15-7-9-16(10-8-15)20-13(2)22/h3-11H,1-2H3,(H,20,22)/b17-11-. The van der Waals surface area contributed by atoms with Gasteiger partial charge in [-0.2, -0.15) is 0 Å². The summed E-state index contributed by atoms with van der Waals surface area (Å²) in [5.41, 5.74) is 3.64. The smallest absolute Gasteiger partial charge is 0.363 e. The number of ether oxygens (including phenoxy) is 1. The number of benzene rings is 2. The first-order valence-electron chi connectivity index (χ1n) is 7.48. The molecule has 5 nitrogen and oxygen atoms in total. The first-order valence-corrected chi connectivity index (χ1v) is 7.48. The van der Waals surface area contributed by atoms with E-state index in [-0.39, 0.29) is 17.5 Å². The molecule has 2 aromatic carbocycles. The molecule has 1 N–H and O–H groups in total. The largest absolute Gasteiger partial charge is 0.402 e. The van der Waals surface area contributed by atoms with Gasteiger partial charge in [0.25, 0.3) is 0 Å². The number of nitrogens with zero attached hydrogens (tertiary/aromatic N) is 1. The number of aliphatic imine (C=N–C) groups is 1. The molecule has 0 unspecified atom stereocenters. The lowest BCUT2D eigenvalue weighted by Crippen LogP contribution is -2.07. The number of carbonyl (C=O) groups excluding carboxylic acids is 2. The van der Waals surface area contributed by atoms with Crippen molar-refractivity contribution >= 4 is 29.5 Å². The molecule has 0 radical (unpaired) electrons. The Balaban J connectivity index is 1.83. The van der Waals surface area contributed by atoms with Crippen LogP contribution in [-0.2, 0) is 14.3 Å². The Morgan fingerprint density at radius 3 is 2.38 bits per heavy atom. The van der Waals surface area contributed by atoms with Gasteiger partial charge in [0.15, 0.2) is 5.70 Å². The van der Waals surface area contributed by atoms with Crippen LogP contribution in [0.3, 0.4) is 0 Å². The highest BCUT2D eigenvalue weighted by atomic mass is 16.6. The maximum atomic E-state index is 12.0. The molecule has 0 aromatic heterocycles. The molecule has 0 saturated heterocycles. The van der Waals surface area contributed by atoms with Crippen LogP contribution in [0.5, 0.6) is 0 Å². The summed E-state index contributed by atoms with van der Waals surface area (Å²) in [7, 11) is 0. The van der Waals surface area contributed by atoms with Crippen molar-refractivity contribution in [3.05, 3.63) is 70.9 Å². The van der Waals surface area contributed by atoms with Crippen LogP contribution in [0.1, 0.15) is 23.6 Å². The predicted molar refractivity (Wildman–Crippen MR) is 92.5 cm³/mol. The molecule has 24 heavy (non-hydrogen) atoms. The average molecular weight is 320 g/mol. The first kappa shape index (κ1) is 15.7. The van der Waals surface area contributed by atoms with E-state index in [4.69, 9.17) is 4.74 Å². The van der Waals surface area contributed by atoms with E-state index in [0.717, 1.165) is 11.1 Å². The number of amides is 1. The molecule has 1 amide bonds. The molecule has 120 valence electrons. The van der Waals surface area contributed by atoms with Gasteiger partial charge in [0.05, 0.1) is 0 Å². The lowest BCUT2D eigenvalue weighted by Gasteiger charge is -2.03. The first-order chi connectivity index (χ1) is 11.5. The van der Waals surface area contributed by atoms with E-state index in [0.29, 0.717) is 11.3 Å². The second-order valence-electron chi connectivity index (χ2n) is 5.51. The second kappa shape index (κ2) is 6.50. The molecule has 2 aromatic rings. The lowest BCUT2D eigenvalue weighted by molar-refractivity contribution is -0.129. The Labute approximate surface area is 139 Å². The highest BCUT2D eigenvalue weighted by Gasteiger charge is 2.24. The highest BCUT2D eigenvalue weighted by molar-refractivity contribution is 6.13. The number of cyclic esters (lactones) is 1. The van der Waals surface area contributed by atoms with Crippen molar-refractivity contribution in [2.24, 2.45) is 4.99 Å². The number of hydrogen-bond donors (Lipinski definition) is 1. The Morgan fingerprint density at radius 1 is 1.08 bits per heavy atom. The minimum atomic E-state index is -0.475. The quantitative estimate of drug-likeness (QED) is 0.697. The summed E-state index contributed by atoms with van der Waals surface area (Å²) < 4.78 is 5.23. The van der Waals surface area contributed by atoms with E-state index in [1.54, 1.807) is 30.3 Å². The van der Waals surface area contributed by atoms with E-state index >= 15 is 0 Å². The average Bonchev–Trinajstić information content (AvgIpc) is 2.91. The molecular weight excluding hydrogens is 304 g/mol. The third kappa shape index (κ3) is 3.57. The maximum Gasteiger partial charge on any atom is 0.363 e. The fraction of sp³-hybridized carbons (Fsp3) is 0.105. The molecule has 1 heterocycles. The third-order valence-electron chi connectivity index (χ3n) is 3.45. The minimum absolute atomic E-state index is 0.143. The van der Waals surface area contributed by atoms with Gasteiger partial charge in [-0.15, -0.1) is 0 Å². The van der Waals surface area contributed by atoms with Gasteiger partial charge in [-0.05, 0) is 42.8 Å². The zero-order chi connectivity index (χ0) is 17.1. The zero-order valence-corrected chi connectivity index (χ0v) is 13.4. The van der Waals surface area contributed by atoms with Crippen LogP contribution in [0.2, 0.25) is 0 Å². The van der Waals surface area contributed by atoms with E-state index in [1.165, 1.54) is 6.92 Å². The number of anilines is 1. The van der Waals surface area contributed by atoms with Crippen LogP contribution < -0.4 is 5.32 Å². The number of hydrogen-bond acceptors (Lipinski definition) is 4. The third-order valence-corrected chi connectivity index (χ3v) is 3.45. The SMILES string of the molecule is CC(=O)Nc1ccc(C2=N/C(=C\c3ccc(C)cc3)C(=O)O2)cc1. The topological polar surface area (TPSA) is 67.8 Å². The number of carbonyl (C=O) groups is 2. The monoisotopic (exact) mass is 320 g/mol. The summed E-state index contributed by atoms with van der Waals surface area (Å²) >= 11 is 0. The van der Waals surface area contributed by atoms with Gasteiger partial charge in [0.1, 0.15) is 0 Å². The molecule has 5 heteroatoms. The molecule has 1 aliphatic rings. The van der Waals surface area contributed by atoms with Crippen LogP contribution in [0.25, 0.3) is 6.08 Å². The van der Waals surface area contributed by atoms with Crippen LogP contribution >= 0.6 is 0 Å². The molecule has 0 atom stereocenters. The molecular formula is C19H16N2O3. The summed E-state index contributed by atoms with van der Waals surface area (Å²) in [6.45, 7) is 3.44. The Hall–Kier alpha value is -3.21. The predicted octanol–water partition coefficient (Wildman–Crippen LogP) is 3.30. The fourth-order valence-electron chi connectivity index (χ4n) is 2.25. The Morgan fingerprint density at radius 2 is 1.75 bits per heavy atom. The molecule has 0 bridgehead atoms. The second-order valence-corrected chi connectivity index (χ2v) is 5.51.